The van der Waals surface area contributed by atoms with Crippen LogP contribution in [-0.2, 0) is 4.74 Å². The minimum atomic E-state index is 0.228. The molecular formula is C10H16ClN4O3+. The molecule has 1 fully saturated rings. The maximum atomic E-state index is 6.10. The first kappa shape index (κ1) is 13.3. The third-order valence-corrected chi connectivity index (χ3v) is 3.39. The Hall–Kier alpha value is -1.18. The second-order valence-corrected chi connectivity index (χ2v) is 4.17. The SMILES string of the molecule is COc1nc(OC)nc([N+]2(CCl)CCOCC2)n1. The molecule has 1 aliphatic rings. The molecule has 0 N–H and O–H groups in total. The van der Waals surface area contributed by atoms with E-state index in [-0.39, 0.29) is 12.0 Å². The molecule has 1 aromatic rings. The fourth-order valence-corrected chi connectivity index (χ4v) is 2.13. The number of rotatable bonds is 4. The summed E-state index contributed by atoms with van der Waals surface area (Å²) in [5, 5.41) is 0. The van der Waals surface area contributed by atoms with Gasteiger partial charge >= 0.3 is 18.0 Å². The highest BCUT2D eigenvalue weighted by atomic mass is 35.5. The number of hydrogen-bond donors (Lipinski definition) is 0. The maximum absolute atomic E-state index is 6.10. The Kier molecular flexibility index (Phi) is 4.15. The average Bonchev–Trinajstić information content (AvgIpc) is 2.47. The van der Waals surface area contributed by atoms with Gasteiger partial charge in [-0.3, -0.25) is 0 Å². The summed E-state index contributed by atoms with van der Waals surface area (Å²) in [6.07, 6.45) is 0. The highest BCUT2D eigenvalue weighted by Gasteiger charge is 2.36. The molecule has 1 aliphatic heterocycles. The van der Waals surface area contributed by atoms with E-state index < -0.39 is 0 Å². The summed E-state index contributed by atoms with van der Waals surface area (Å²) in [4.78, 5) is 12.5. The highest BCUT2D eigenvalue weighted by Crippen LogP contribution is 2.24. The summed E-state index contributed by atoms with van der Waals surface area (Å²) >= 11 is 6.10. The van der Waals surface area contributed by atoms with Crippen LogP contribution < -0.4 is 14.0 Å². The van der Waals surface area contributed by atoms with Gasteiger partial charge in [-0.25, -0.2) is 4.48 Å². The normalized spacial score (nSPS) is 18.4. The van der Waals surface area contributed by atoms with E-state index in [4.69, 9.17) is 25.8 Å². The molecule has 0 aromatic carbocycles. The van der Waals surface area contributed by atoms with Crippen molar-refractivity contribution in [2.24, 2.45) is 0 Å². The van der Waals surface area contributed by atoms with Gasteiger partial charge in [-0.15, -0.1) is 15.0 Å². The maximum Gasteiger partial charge on any atom is 0.339 e. The second kappa shape index (κ2) is 5.64. The Morgan fingerprint density at radius 2 is 1.67 bits per heavy atom. The first-order valence-electron chi connectivity index (χ1n) is 5.58. The van der Waals surface area contributed by atoms with E-state index in [1.54, 1.807) is 0 Å². The number of quaternary nitrogens is 1. The molecule has 0 atom stereocenters. The van der Waals surface area contributed by atoms with Gasteiger partial charge in [0.2, 0.25) is 0 Å². The van der Waals surface area contributed by atoms with Gasteiger partial charge in [0.25, 0.3) is 0 Å². The van der Waals surface area contributed by atoms with E-state index in [9.17, 15) is 0 Å². The lowest BCUT2D eigenvalue weighted by molar-refractivity contribution is 0.0453. The van der Waals surface area contributed by atoms with E-state index in [0.717, 1.165) is 13.1 Å². The minimum Gasteiger partial charge on any atom is -0.466 e. The Bertz CT molecular complexity index is 390. The molecular weight excluding hydrogens is 260 g/mol. The van der Waals surface area contributed by atoms with Gasteiger partial charge in [-0.05, 0) is 0 Å². The minimum absolute atomic E-state index is 0.228. The van der Waals surface area contributed by atoms with Crippen LogP contribution in [0.2, 0.25) is 0 Å². The van der Waals surface area contributed by atoms with Crippen molar-refractivity contribution in [3.8, 4) is 12.0 Å². The summed E-state index contributed by atoms with van der Waals surface area (Å²) in [7, 11) is 3.01. The fraction of sp³-hybridized carbons (Fsp3) is 0.700. The lowest BCUT2D eigenvalue weighted by atomic mass is 10.3. The van der Waals surface area contributed by atoms with Crippen molar-refractivity contribution >= 4 is 17.5 Å². The first-order valence-corrected chi connectivity index (χ1v) is 6.12. The number of hydrogen-bond acceptors (Lipinski definition) is 6. The molecule has 1 aromatic heterocycles. The van der Waals surface area contributed by atoms with Crippen molar-refractivity contribution in [3.05, 3.63) is 0 Å². The third-order valence-electron chi connectivity index (χ3n) is 2.93. The highest BCUT2D eigenvalue weighted by molar-refractivity contribution is 6.18. The Morgan fingerprint density at radius 3 is 2.11 bits per heavy atom. The van der Waals surface area contributed by atoms with Crippen LogP contribution in [0, 0.1) is 0 Å². The van der Waals surface area contributed by atoms with E-state index in [2.05, 4.69) is 15.0 Å². The summed E-state index contributed by atoms with van der Waals surface area (Å²) in [6.45, 7) is 2.70. The Balaban J connectivity index is 2.40. The Morgan fingerprint density at radius 1 is 1.11 bits per heavy atom. The smallest absolute Gasteiger partial charge is 0.339 e. The van der Waals surface area contributed by atoms with E-state index in [1.165, 1.54) is 14.2 Å². The molecule has 2 heterocycles. The topological polar surface area (TPSA) is 66.4 Å². The van der Waals surface area contributed by atoms with E-state index >= 15 is 0 Å². The van der Waals surface area contributed by atoms with Crippen LogP contribution >= 0.6 is 11.6 Å². The van der Waals surface area contributed by atoms with Gasteiger partial charge in [0.05, 0.1) is 27.4 Å². The molecule has 18 heavy (non-hydrogen) atoms. The van der Waals surface area contributed by atoms with E-state index in [1.807, 2.05) is 0 Å². The van der Waals surface area contributed by atoms with Gasteiger partial charge in [0.1, 0.15) is 13.1 Å². The quantitative estimate of drug-likeness (QED) is 0.451. The molecule has 7 nitrogen and oxygen atoms in total. The third kappa shape index (κ3) is 2.47. The number of alkyl halides is 1. The number of aromatic nitrogens is 3. The molecule has 1 saturated heterocycles. The average molecular weight is 276 g/mol. The molecule has 2 rings (SSSR count). The number of ether oxygens (including phenoxy) is 3. The molecule has 0 aliphatic carbocycles. The zero-order valence-electron chi connectivity index (χ0n) is 10.4. The summed E-state index contributed by atoms with van der Waals surface area (Å²) in [5.41, 5.74) is 0. The fourth-order valence-electron chi connectivity index (χ4n) is 1.79. The van der Waals surface area contributed by atoms with Crippen molar-refractivity contribution in [2.75, 3.05) is 46.5 Å². The molecule has 0 unspecified atom stereocenters. The van der Waals surface area contributed by atoms with Crippen LogP contribution in [0.25, 0.3) is 0 Å². The predicted octanol–water partition coefficient (Wildman–Crippen LogP) is 0.423. The number of halogens is 1. The molecule has 0 radical (unpaired) electrons. The van der Waals surface area contributed by atoms with Crippen LogP contribution in [0.3, 0.4) is 0 Å². The number of nitrogens with zero attached hydrogens (tertiary/aromatic N) is 4. The van der Waals surface area contributed by atoms with Crippen molar-refractivity contribution in [2.45, 2.75) is 0 Å². The van der Waals surface area contributed by atoms with Crippen LogP contribution in [0.1, 0.15) is 0 Å². The zero-order valence-corrected chi connectivity index (χ0v) is 11.2. The summed E-state index contributed by atoms with van der Waals surface area (Å²) < 4.78 is 15.9. The molecule has 100 valence electrons. The van der Waals surface area contributed by atoms with E-state index in [0.29, 0.717) is 29.6 Å². The molecule has 0 amide bonds. The molecule has 0 spiro atoms. The summed E-state index contributed by atoms with van der Waals surface area (Å²) in [6, 6.07) is 0.830. The van der Waals surface area contributed by atoms with Crippen LogP contribution in [0.15, 0.2) is 0 Å². The van der Waals surface area contributed by atoms with Crippen molar-refractivity contribution in [3.63, 3.8) is 0 Å². The first-order chi connectivity index (χ1) is 8.74. The largest absolute Gasteiger partial charge is 0.466 e. The molecule has 0 bridgehead atoms. The van der Waals surface area contributed by atoms with Gasteiger partial charge in [-0.1, -0.05) is 11.6 Å². The lowest BCUT2D eigenvalue weighted by Crippen LogP contribution is -2.56. The van der Waals surface area contributed by atoms with Crippen molar-refractivity contribution in [1.82, 2.24) is 19.4 Å². The zero-order chi connectivity index (χ0) is 13.0. The lowest BCUT2D eigenvalue weighted by Gasteiger charge is -2.36. The van der Waals surface area contributed by atoms with Gasteiger partial charge in [0.15, 0.2) is 6.00 Å². The van der Waals surface area contributed by atoms with Crippen molar-refractivity contribution in [1.29, 1.82) is 0 Å². The van der Waals surface area contributed by atoms with Crippen LogP contribution in [0.5, 0.6) is 12.0 Å². The summed E-state index contributed by atoms with van der Waals surface area (Å²) in [5.74, 6) is 0.553. The van der Waals surface area contributed by atoms with Crippen molar-refractivity contribution < 1.29 is 14.2 Å². The molecule has 0 saturated carbocycles. The van der Waals surface area contributed by atoms with Gasteiger partial charge in [-0.2, -0.15) is 0 Å². The van der Waals surface area contributed by atoms with Gasteiger partial charge in [0, 0.05) is 0 Å². The second-order valence-electron chi connectivity index (χ2n) is 3.93. The monoisotopic (exact) mass is 275 g/mol. The standard InChI is InChI=1S/C10H16ClN4O3/c1-16-9-12-8(13-10(14-9)17-2)15(7-11)3-5-18-6-4-15/h3-7H2,1-2H3/q+1. The number of methoxy groups -OCH3 is 2. The van der Waals surface area contributed by atoms with Gasteiger partial charge < -0.3 is 14.2 Å². The van der Waals surface area contributed by atoms with Crippen LogP contribution in [0.4, 0.5) is 5.95 Å². The number of morpholine rings is 1. The Labute approximate surface area is 110 Å². The van der Waals surface area contributed by atoms with Crippen LogP contribution in [-0.4, -0.2) is 61.5 Å². The molecule has 8 heteroatoms. The predicted molar refractivity (Wildman–Crippen MR) is 66.0 cm³/mol.